The molecule has 2 N–H and O–H groups in total. The Morgan fingerprint density at radius 3 is 2.81 bits per heavy atom. The summed E-state index contributed by atoms with van der Waals surface area (Å²) in [5.74, 6) is 2.99. The zero-order valence-corrected chi connectivity index (χ0v) is 11.4. The molecule has 96 valence electrons. The normalized spacial score (nSPS) is 26.6. The van der Waals surface area contributed by atoms with Crippen LogP contribution in [0.5, 0.6) is 0 Å². The van der Waals surface area contributed by atoms with Crippen molar-refractivity contribution in [1.29, 1.82) is 0 Å². The van der Waals surface area contributed by atoms with E-state index in [0.29, 0.717) is 18.6 Å². The SMILES string of the molecule is CCSCCCNC1CCCCCC1CO. The van der Waals surface area contributed by atoms with Crippen molar-refractivity contribution in [2.75, 3.05) is 24.7 Å². The lowest BCUT2D eigenvalue weighted by atomic mass is 9.95. The van der Waals surface area contributed by atoms with E-state index in [2.05, 4.69) is 12.2 Å². The Morgan fingerprint density at radius 2 is 2.06 bits per heavy atom. The maximum absolute atomic E-state index is 9.38. The van der Waals surface area contributed by atoms with Crippen LogP contribution >= 0.6 is 11.8 Å². The Morgan fingerprint density at radius 1 is 1.25 bits per heavy atom. The molecule has 1 rings (SSSR count). The van der Waals surface area contributed by atoms with Gasteiger partial charge in [-0.2, -0.15) is 11.8 Å². The number of hydrogen-bond acceptors (Lipinski definition) is 3. The van der Waals surface area contributed by atoms with Crippen LogP contribution in [-0.2, 0) is 0 Å². The highest BCUT2D eigenvalue weighted by atomic mass is 32.2. The van der Waals surface area contributed by atoms with E-state index >= 15 is 0 Å². The Bertz CT molecular complexity index is 166. The second kappa shape index (κ2) is 9.32. The Labute approximate surface area is 105 Å². The van der Waals surface area contributed by atoms with E-state index in [4.69, 9.17) is 0 Å². The topological polar surface area (TPSA) is 32.3 Å². The summed E-state index contributed by atoms with van der Waals surface area (Å²) in [7, 11) is 0. The van der Waals surface area contributed by atoms with Gasteiger partial charge in [-0.1, -0.05) is 26.2 Å². The van der Waals surface area contributed by atoms with Gasteiger partial charge in [0.1, 0.15) is 0 Å². The van der Waals surface area contributed by atoms with Crippen molar-refractivity contribution in [3.63, 3.8) is 0 Å². The van der Waals surface area contributed by atoms with Gasteiger partial charge in [-0.15, -0.1) is 0 Å². The zero-order valence-electron chi connectivity index (χ0n) is 10.6. The highest BCUT2D eigenvalue weighted by Crippen LogP contribution is 2.23. The third-order valence-electron chi connectivity index (χ3n) is 3.47. The number of aliphatic hydroxyl groups excluding tert-OH is 1. The summed E-state index contributed by atoms with van der Waals surface area (Å²) in [6.45, 7) is 3.70. The lowest BCUT2D eigenvalue weighted by Gasteiger charge is -2.24. The molecule has 0 heterocycles. The third-order valence-corrected chi connectivity index (χ3v) is 4.46. The fourth-order valence-corrected chi connectivity index (χ4v) is 3.11. The number of hydrogen-bond donors (Lipinski definition) is 2. The third kappa shape index (κ3) is 5.55. The van der Waals surface area contributed by atoms with Gasteiger partial charge in [0.05, 0.1) is 0 Å². The van der Waals surface area contributed by atoms with Gasteiger partial charge in [0, 0.05) is 12.6 Å². The minimum atomic E-state index is 0.362. The van der Waals surface area contributed by atoms with Gasteiger partial charge in [-0.25, -0.2) is 0 Å². The Kier molecular flexibility index (Phi) is 8.34. The molecule has 1 aliphatic carbocycles. The van der Waals surface area contributed by atoms with Gasteiger partial charge in [-0.3, -0.25) is 0 Å². The quantitative estimate of drug-likeness (QED) is 0.534. The largest absolute Gasteiger partial charge is 0.396 e. The van der Waals surface area contributed by atoms with Crippen molar-refractivity contribution >= 4 is 11.8 Å². The first-order valence-corrected chi connectivity index (χ1v) is 7.96. The van der Waals surface area contributed by atoms with E-state index in [0.717, 1.165) is 6.54 Å². The molecule has 1 aliphatic rings. The predicted molar refractivity (Wildman–Crippen MR) is 73.1 cm³/mol. The molecule has 0 bridgehead atoms. The van der Waals surface area contributed by atoms with Gasteiger partial charge in [-0.05, 0) is 43.2 Å². The number of rotatable bonds is 7. The molecule has 1 fully saturated rings. The molecule has 0 saturated heterocycles. The molecule has 0 spiro atoms. The fourth-order valence-electron chi connectivity index (χ4n) is 2.48. The summed E-state index contributed by atoms with van der Waals surface area (Å²) >= 11 is 2.02. The molecule has 0 amide bonds. The van der Waals surface area contributed by atoms with Crippen molar-refractivity contribution in [1.82, 2.24) is 5.32 Å². The lowest BCUT2D eigenvalue weighted by molar-refractivity contribution is 0.182. The molecule has 16 heavy (non-hydrogen) atoms. The van der Waals surface area contributed by atoms with Crippen LogP contribution in [0, 0.1) is 5.92 Å². The molecule has 2 nitrogen and oxygen atoms in total. The van der Waals surface area contributed by atoms with E-state index in [1.54, 1.807) is 0 Å². The molecule has 2 atom stereocenters. The summed E-state index contributed by atoms with van der Waals surface area (Å²) in [6.07, 6.45) is 7.70. The molecule has 1 saturated carbocycles. The molecule has 2 unspecified atom stereocenters. The average molecular weight is 245 g/mol. The lowest BCUT2D eigenvalue weighted by Crippen LogP contribution is -2.38. The summed E-state index contributed by atoms with van der Waals surface area (Å²) in [5.41, 5.74) is 0. The molecular weight excluding hydrogens is 218 g/mol. The fraction of sp³-hybridized carbons (Fsp3) is 1.00. The minimum absolute atomic E-state index is 0.362. The van der Waals surface area contributed by atoms with Crippen molar-refractivity contribution in [3.05, 3.63) is 0 Å². The number of thioether (sulfide) groups is 1. The van der Waals surface area contributed by atoms with E-state index in [-0.39, 0.29) is 0 Å². The second-order valence-electron chi connectivity index (χ2n) is 4.69. The Balaban J connectivity index is 2.15. The van der Waals surface area contributed by atoms with Crippen LogP contribution in [0.2, 0.25) is 0 Å². The highest BCUT2D eigenvalue weighted by Gasteiger charge is 2.21. The first kappa shape index (κ1) is 14.3. The van der Waals surface area contributed by atoms with Crippen molar-refractivity contribution in [3.8, 4) is 0 Å². The average Bonchev–Trinajstić information content (AvgIpc) is 2.53. The maximum Gasteiger partial charge on any atom is 0.0474 e. The van der Waals surface area contributed by atoms with E-state index in [1.807, 2.05) is 11.8 Å². The first-order chi connectivity index (χ1) is 7.88. The molecule has 0 aromatic rings. The van der Waals surface area contributed by atoms with Crippen LogP contribution in [0.25, 0.3) is 0 Å². The van der Waals surface area contributed by atoms with Crippen LogP contribution in [0.3, 0.4) is 0 Å². The molecule has 3 heteroatoms. The van der Waals surface area contributed by atoms with Crippen molar-refractivity contribution in [2.24, 2.45) is 5.92 Å². The molecule has 0 aliphatic heterocycles. The molecule has 0 aromatic carbocycles. The Hall–Kier alpha value is 0.270. The second-order valence-corrected chi connectivity index (χ2v) is 6.09. The minimum Gasteiger partial charge on any atom is -0.396 e. The van der Waals surface area contributed by atoms with E-state index in [9.17, 15) is 5.11 Å². The van der Waals surface area contributed by atoms with Gasteiger partial charge >= 0.3 is 0 Å². The van der Waals surface area contributed by atoms with Crippen LogP contribution in [0.1, 0.15) is 45.4 Å². The van der Waals surface area contributed by atoms with Gasteiger partial charge in [0.15, 0.2) is 0 Å². The van der Waals surface area contributed by atoms with Gasteiger partial charge in [0.2, 0.25) is 0 Å². The first-order valence-electron chi connectivity index (χ1n) is 6.80. The van der Waals surface area contributed by atoms with Gasteiger partial charge in [0.25, 0.3) is 0 Å². The smallest absolute Gasteiger partial charge is 0.0474 e. The number of aliphatic hydroxyl groups is 1. The van der Waals surface area contributed by atoms with Crippen molar-refractivity contribution < 1.29 is 5.11 Å². The highest BCUT2D eigenvalue weighted by molar-refractivity contribution is 7.99. The van der Waals surface area contributed by atoms with Crippen LogP contribution in [0.15, 0.2) is 0 Å². The predicted octanol–water partition coefficient (Wildman–Crippen LogP) is 2.66. The maximum atomic E-state index is 9.38. The summed E-state index contributed by atoms with van der Waals surface area (Å²) < 4.78 is 0. The summed E-state index contributed by atoms with van der Waals surface area (Å²) in [5, 5.41) is 13.0. The molecule has 0 aromatic heterocycles. The zero-order chi connectivity index (χ0) is 11.6. The van der Waals surface area contributed by atoms with E-state index < -0.39 is 0 Å². The van der Waals surface area contributed by atoms with Crippen molar-refractivity contribution in [2.45, 2.75) is 51.5 Å². The van der Waals surface area contributed by atoms with E-state index in [1.165, 1.54) is 50.0 Å². The summed E-state index contributed by atoms with van der Waals surface area (Å²) in [4.78, 5) is 0. The standard InChI is InChI=1S/C13H27NOS/c1-2-16-10-6-9-14-13-8-5-3-4-7-12(13)11-15/h12-15H,2-11H2,1H3. The molecule has 0 radical (unpaired) electrons. The monoisotopic (exact) mass is 245 g/mol. The van der Waals surface area contributed by atoms with Gasteiger partial charge < -0.3 is 10.4 Å². The summed E-state index contributed by atoms with van der Waals surface area (Å²) in [6, 6.07) is 0.569. The van der Waals surface area contributed by atoms with Crippen LogP contribution in [-0.4, -0.2) is 35.8 Å². The van der Waals surface area contributed by atoms with Crippen LogP contribution < -0.4 is 5.32 Å². The molecular formula is C13H27NOS. The van der Waals surface area contributed by atoms with Crippen LogP contribution in [0.4, 0.5) is 0 Å². The number of nitrogens with one attached hydrogen (secondary N) is 1.